The van der Waals surface area contributed by atoms with Gasteiger partial charge >= 0.3 is 58.4 Å². The van der Waals surface area contributed by atoms with E-state index in [9.17, 15) is 17.3 Å². The number of hydrogen-bond acceptors (Lipinski definition) is 1. The van der Waals surface area contributed by atoms with Crippen molar-refractivity contribution in [1.29, 1.82) is 0 Å². The fourth-order valence-electron chi connectivity index (χ4n) is 1.35. The molecule has 0 aliphatic heterocycles. The minimum Gasteiger partial charge on any atom is -0.445 e. The smallest absolute Gasteiger partial charge is 0.445 e. The Morgan fingerprint density at radius 3 is 2.47 bits per heavy atom. The number of rotatable bonds is 1. The monoisotopic (exact) mass is 242 g/mol. The van der Waals surface area contributed by atoms with Gasteiger partial charge < -0.3 is 12.9 Å². The topological polar surface area (TPSA) is 28.7 Å². The van der Waals surface area contributed by atoms with E-state index in [1.807, 2.05) is 0 Å². The summed E-state index contributed by atoms with van der Waals surface area (Å²) in [5, 5.41) is 5.56. The van der Waals surface area contributed by atoms with Crippen LogP contribution in [0.2, 0.25) is 0 Å². The summed E-state index contributed by atoms with van der Waals surface area (Å²) in [5.41, 5.74) is -1.03. The number of H-pyrrole nitrogens is 1. The average Bonchev–Trinajstić information content (AvgIpc) is 2.48. The van der Waals surface area contributed by atoms with Crippen LogP contribution in [0.15, 0.2) is 18.3 Å². The zero-order chi connectivity index (χ0) is 10.3. The van der Waals surface area contributed by atoms with Gasteiger partial charge in [0.2, 0.25) is 0 Å². The Labute approximate surface area is 125 Å². The quantitative estimate of drug-likeness (QED) is 0.492. The standard InChI is InChI=1S/C7H4BF4N2.K/c9-5-1-2-6-4(3-13-14-6)7(5)8(10,11)12;/h1-3H,(H,13,14);/q-1;+1. The van der Waals surface area contributed by atoms with Crippen LogP contribution in [0.1, 0.15) is 0 Å². The third kappa shape index (κ3) is 2.44. The van der Waals surface area contributed by atoms with Crippen LogP contribution in [-0.2, 0) is 0 Å². The molecular weight excluding hydrogens is 238 g/mol. The van der Waals surface area contributed by atoms with Crippen molar-refractivity contribution in [1.82, 2.24) is 10.2 Å². The summed E-state index contributed by atoms with van der Waals surface area (Å²) in [6, 6.07) is 2.01. The zero-order valence-corrected chi connectivity index (χ0v) is 10.9. The first-order valence-electron chi connectivity index (χ1n) is 3.81. The van der Waals surface area contributed by atoms with Gasteiger partial charge in [0.15, 0.2) is 0 Å². The summed E-state index contributed by atoms with van der Waals surface area (Å²) in [5.74, 6) is -1.26. The van der Waals surface area contributed by atoms with Gasteiger partial charge in [-0.2, -0.15) is 5.10 Å². The molecule has 2 rings (SSSR count). The van der Waals surface area contributed by atoms with Gasteiger partial charge in [0, 0.05) is 0 Å². The number of aromatic nitrogens is 2. The number of halogens is 4. The normalized spacial score (nSPS) is 11.5. The van der Waals surface area contributed by atoms with E-state index in [4.69, 9.17) is 0 Å². The maximum Gasteiger partial charge on any atom is 1.00 e. The molecule has 0 bridgehead atoms. The summed E-state index contributed by atoms with van der Waals surface area (Å²) in [6.07, 6.45) is 0.975. The number of nitrogens with one attached hydrogen (secondary N) is 1. The largest absolute Gasteiger partial charge is 1.00 e. The van der Waals surface area contributed by atoms with Gasteiger partial charge in [-0.3, -0.25) is 5.10 Å². The van der Waals surface area contributed by atoms with Gasteiger partial charge in [0.25, 0.3) is 0 Å². The molecule has 0 radical (unpaired) electrons. The molecule has 1 N–H and O–H groups in total. The molecule has 0 aliphatic carbocycles. The molecule has 8 heteroatoms. The predicted octanol–water partition coefficient (Wildman–Crippen LogP) is -1.24. The second-order valence-corrected chi connectivity index (χ2v) is 2.87. The minimum absolute atomic E-state index is 0. The molecule has 0 unspecified atom stereocenters. The van der Waals surface area contributed by atoms with E-state index in [0.717, 1.165) is 12.3 Å². The van der Waals surface area contributed by atoms with Crippen molar-refractivity contribution >= 4 is 23.3 Å². The van der Waals surface area contributed by atoms with E-state index < -0.39 is 18.3 Å². The maximum atomic E-state index is 12.9. The van der Waals surface area contributed by atoms with Crippen molar-refractivity contribution in [3.8, 4) is 0 Å². The van der Waals surface area contributed by atoms with E-state index in [1.54, 1.807) is 0 Å². The van der Waals surface area contributed by atoms with Crippen molar-refractivity contribution in [2.45, 2.75) is 0 Å². The Balaban J connectivity index is 0.00000112. The Morgan fingerprint density at radius 2 is 1.87 bits per heavy atom. The fourth-order valence-corrected chi connectivity index (χ4v) is 1.35. The van der Waals surface area contributed by atoms with Crippen LogP contribution in [0.4, 0.5) is 17.3 Å². The van der Waals surface area contributed by atoms with Crippen molar-refractivity contribution in [2.75, 3.05) is 0 Å². The number of aromatic amines is 1. The molecule has 15 heavy (non-hydrogen) atoms. The Hall–Kier alpha value is 0.111. The summed E-state index contributed by atoms with van der Waals surface area (Å²) in [4.78, 5) is 0. The second-order valence-electron chi connectivity index (χ2n) is 2.87. The average molecular weight is 242 g/mol. The predicted molar refractivity (Wildman–Crippen MR) is 44.8 cm³/mol. The van der Waals surface area contributed by atoms with Gasteiger partial charge in [-0.15, -0.1) is 0 Å². The summed E-state index contributed by atoms with van der Waals surface area (Å²) in [7, 11) is 0. The van der Waals surface area contributed by atoms with Gasteiger partial charge in [-0.05, 0) is 17.5 Å². The summed E-state index contributed by atoms with van der Waals surface area (Å²) >= 11 is 0. The summed E-state index contributed by atoms with van der Waals surface area (Å²) < 4.78 is 50.3. The first kappa shape index (κ1) is 13.2. The zero-order valence-electron chi connectivity index (χ0n) is 7.77. The third-order valence-electron chi connectivity index (χ3n) is 1.94. The van der Waals surface area contributed by atoms with Crippen molar-refractivity contribution in [2.24, 2.45) is 0 Å². The van der Waals surface area contributed by atoms with E-state index in [1.165, 1.54) is 6.07 Å². The maximum absolute atomic E-state index is 12.9. The van der Waals surface area contributed by atoms with Crippen molar-refractivity contribution in [3.63, 3.8) is 0 Å². The van der Waals surface area contributed by atoms with E-state index >= 15 is 0 Å². The molecule has 2 aromatic rings. The second kappa shape index (κ2) is 4.54. The van der Waals surface area contributed by atoms with Gasteiger partial charge in [0.1, 0.15) is 0 Å². The van der Waals surface area contributed by atoms with Gasteiger partial charge in [-0.25, -0.2) is 4.39 Å². The molecule has 0 atom stereocenters. The summed E-state index contributed by atoms with van der Waals surface area (Å²) in [6.45, 7) is -5.35. The number of fused-ring (bicyclic) bond motifs is 1. The number of benzene rings is 1. The molecule has 0 spiro atoms. The van der Waals surface area contributed by atoms with Crippen LogP contribution in [0.3, 0.4) is 0 Å². The molecule has 2 nitrogen and oxygen atoms in total. The van der Waals surface area contributed by atoms with Crippen LogP contribution >= 0.6 is 0 Å². The van der Waals surface area contributed by atoms with E-state index in [2.05, 4.69) is 10.2 Å². The first-order valence-corrected chi connectivity index (χ1v) is 3.81. The molecule has 0 saturated carbocycles. The van der Waals surface area contributed by atoms with Crippen LogP contribution in [0.5, 0.6) is 0 Å². The van der Waals surface area contributed by atoms with E-state index in [-0.39, 0.29) is 62.3 Å². The number of hydrogen-bond donors (Lipinski definition) is 1. The third-order valence-corrected chi connectivity index (χ3v) is 1.94. The van der Waals surface area contributed by atoms with Crippen LogP contribution in [0, 0.1) is 5.82 Å². The van der Waals surface area contributed by atoms with Gasteiger partial charge in [-0.1, -0.05) is 5.46 Å². The molecule has 0 saturated heterocycles. The first-order chi connectivity index (χ1) is 6.50. The number of nitrogens with zero attached hydrogens (tertiary/aromatic N) is 1. The van der Waals surface area contributed by atoms with Crippen molar-refractivity contribution < 1.29 is 68.7 Å². The van der Waals surface area contributed by atoms with Crippen LogP contribution in [0.25, 0.3) is 10.9 Å². The molecule has 0 aliphatic rings. The molecule has 1 aromatic carbocycles. The van der Waals surface area contributed by atoms with Crippen LogP contribution in [-0.4, -0.2) is 17.2 Å². The molecule has 1 heterocycles. The molecule has 1 aromatic heterocycles. The molecule has 74 valence electrons. The molecular formula is C7H4BF4KN2. The molecule has 0 amide bonds. The van der Waals surface area contributed by atoms with Gasteiger partial charge in [0.05, 0.1) is 17.5 Å². The Morgan fingerprint density at radius 1 is 1.20 bits per heavy atom. The Kier molecular flexibility index (Phi) is 3.99. The van der Waals surface area contributed by atoms with E-state index in [0.29, 0.717) is 0 Å². The fraction of sp³-hybridized carbons (Fsp3) is 0. The molecule has 0 fully saturated rings. The van der Waals surface area contributed by atoms with Crippen molar-refractivity contribution in [3.05, 3.63) is 24.1 Å². The SMILES string of the molecule is Fc1ccc2[nH]ncc2c1[B-](F)(F)F.[K+]. The minimum atomic E-state index is -5.35. The Bertz CT molecular complexity index is 481. The van der Waals surface area contributed by atoms with Crippen LogP contribution < -0.4 is 56.8 Å².